The number of carbonyl (C=O) groups is 1. The molecule has 2 aliphatic heterocycles. The molecule has 3 rings (SSSR count). The Hall–Kier alpha value is -1.75. The number of hydrogen-bond acceptors (Lipinski definition) is 3. The first-order valence-electron chi connectivity index (χ1n) is 7.81. The van der Waals surface area contributed by atoms with Crippen LogP contribution in [-0.4, -0.2) is 43.3 Å². The largest absolute Gasteiger partial charge is 0.491 e. The molecule has 1 aromatic carbocycles. The summed E-state index contributed by atoms with van der Waals surface area (Å²) in [6.07, 6.45) is 0. The molecular formula is C17H24N2O3. The number of amides is 2. The van der Waals surface area contributed by atoms with E-state index in [1.807, 2.05) is 24.0 Å². The zero-order valence-corrected chi connectivity index (χ0v) is 13.5. The van der Waals surface area contributed by atoms with E-state index < -0.39 is 0 Å². The molecule has 0 aromatic heterocycles. The van der Waals surface area contributed by atoms with E-state index in [1.54, 1.807) is 0 Å². The van der Waals surface area contributed by atoms with Crippen LogP contribution in [0.15, 0.2) is 18.2 Å². The number of urea groups is 1. The Kier molecular flexibility index (Phi) is 4.00. The smallest absolute Gasteiger partial charge is 0.318 e. The summed E-state index contributed by atoms with van der Waals surface area (Å²) in [5, 5.41) is 3.12. The van der Waals surface area contributed by atoms with Crippen molar-refractivity contribution in [2.45, 2.75) is 33.4 Å². The maximum absolute atomic E-state index is 12.6. The van der Waals surface area contributed by atoms with Gasteiger partial charge < -0.3 is 19.7 Å². The quantitative estimate of drug-likeness (QED) is 0.866. The van der Waals surface area contributed by atoms with Gasteiger partial charge in [-0.2, -0.15) is 0 Å². The Morgan fingerprint density at radius 1 is 1.41 bits per heavy atom. The van der Waals surface area contributed by atoms with Crippen molar-refractivity contribution in [1.82, 2.24) is 10.2 Å². The van der Waals surface area contributed by atoms with Gasteiger partial charge in [0.05, 0.1) is 32.3 Å². The van der Waals surface area contributed by atoms with Crippen LogP contribution in [0.5, 0.6) is 5.75 Å². The monoisotopic (exact) mass is 304 g/mol. The standard InChI is InChI=1S/C17H24N2O3/c1-12-4-5-14-13(8-12)9-19(6-7-22-14)16(20)18-15-10-21-11-17(15,2)3/h4-5,8,15H,6-7,9-11H2,1-3H3,(H,18,20). The summed E-state index contributed by atoms with van der Waals surface area (Å²) in [5.74, 6) is 0.880. The topological polar surface area (TPSA) is 50.8 Å². The lowest BCUT2D eigenvalue weighted by molar-refractivity contribution is 0.166. The molecule has 0 aliphatic carbocycles. The van der Waals surface area contributed by atoms with E-state index in [9.17, 15) is 4.79 Å². The van der Waals surface area contributed by atoms with E-state index in [2.05, 4.69) is 25.2 Å². The molecule has 5 nitrogen and oxygen atoms in total. The van der Waals surface area contributed by atoms with Crippen LogP contribution in [0.1, 0.15) is 25.0 Å². The first-order chi connectivity index (χ1) is 10.5. The highest BCUT2D eigenvalue weighted by atomic mass is 16.5. The first kappa shape index (κ1) is 15.2. The number of carbonyl (C=O) groups excluding carboxylic acids is 1. The third-order valence-electron chi connectivity index (χ3n) is 4.48. The molecule has 0 radical (unpaired) electrons. The fraction of sp³-hybridized carbons (Fsp3) is 0.588. The normalized spacial score (nSPS) is 23.4. The second-order valence-corrected chi connectivity index (χ2v) is 6.89. The fourth-order valence-corrected chi connectivity index (χ4v) is 2.94. The molecule has 0 bridgehead atoms. The van der Waals surface area contributed by atoms with Gasteiger partial charge in [0, 0.05) is 11.0 Å². The number of rotatable bonds is 1. The number of nitrogens with one attached hydrogen (secondary N) is 1. The van der Waals surface area contributed by atoms with Crippen LogP contribution < -0.4 is 10.1 Å². The summed E-state index contributed by atoms with van der Waals surface area (Å²) in [6.45, 7) is 9.25. The van der Waals surface area contributed by atoms with Crippen LogP contribution in [0.4, 0.5) is 4.79 Å². The highest BCUT2D eigenvalue weighted by Crippen LogP contribution is 2.28. The Morgan fingerprint density at radius 3 is 2.95 bits per heavy atom. The van der Waals surface area contributed by atoms with Gasteiger partial charge >= 0.3 is 6.03 Å². The van der Waals surface area contributed by atoms with Crippen molar-refractivity contribution in [2.24, 2.45) is 5.41 Å². The van der Waals surface area contributed by atoms with Gasteiger partial charge in [0.2, 0.25) is 0 Å². The lowest BCUT2D eigenvalue weighted by Crippen LogP contribution is -2.50. The van der Waals surface area contributed by atoms with Gasteiger partial charge in [-0.3, -0.25) is 0 Å². The number of ether oxygens (including phenoxy) is 2. The van der Waals surface area contributed by atoms with Gasteiger partial charge in [-0.1, -0.05) is 31.5 Å². The van der Waals surface area contributed by atoms with Crippen molar-refractivity contribution < 1.29 is 14.3 Å². The maximum atomic E-state index is 12.6. The minimum atomic E-state index is -0.0402. The molecule has 1 aromatic rings. The van der Waals surface area contributed by atoms with Crippen molar-refractivity contribution in [1.29, 1.82) is 0 Å². The molecule has 1 saturated heterocycles. The third kappa shape index (κ3) is 3.04. The van der Waals surface area contributed by atoms with Crippen LogP contribution in [-0.2, 0) is 11.3 Å². The molecule has 1 atom stereocenters. The molecule has 0 saturated carbocycles. The molecule has 1 fully saturated rings. The predicted octanol–water partition coefficient (Wildman–Crippen LogP) is 2.32. The van der Waals surface area contributed by atoms with Crippen molar-refractivity contribution in [3.05, 3.63) is 29.3 Å². The maximum Gasteiger partial charge on any atom is 0.318 e. The third-order valence-corrected chi connectivity index (χ3v) is 4.48. The van der Waals surface area contributed by atoms with Crippen molar-refractivity contribution in [2.75, 3.05) is 26.4 Å². The Balaban J connectivity index is 1.70. The number of nitrogens with zero attached hydrogens (tertiary/aromatic N) is 1. The zero-order chi connectivity index (χ0) is 15.7. The Morgan fingerprint density at radius 2 is 2.23 bits per heavy atom. The number of hydrogen-bond donors (Lipinski definition) is 1. The van der Waals surface area contributed by atoms with Gasteiger partial charge in [-0.05, 0) is 13.0 Å². The predicted molar refractivity (Wildman–Crippen MR) is 84.0 cm³/mol. The van der Waals surface area contributed by atoms with Crippen LogP contribution in [0.2, 0.25) is 0 Å². The van der Waals surface area contributed by atoms with Crippen molar-refractivity contribution in [3.8, 4) is 5.75 Å². The lowest BCUT2D eigenvalue weighted by Gasteiger charge is -2.29. The van der Waals surface area contributed by atoms with Crippen LogP contribution in [0.25, 0.3) is 0 Å². The highest BCUT2D eigenvalue weighted by molar-refractivity contribution is 5.75. The fourth-order valence-electron chi connectivity index (χ4n) is 2.94. The molecule has 1 unspecified atom stereocenters. The summed E-state index contributed by atoms with van der Waals surface area (Å²) < 4.78 is 11.2. The molecular weight excluding hydrogens is 280 g/mol. The Bertz CT molecular complexity index is 571. The zero-order valence-electron chi connectivity index (χ0n) is 13.5. The second-order valence-electron chi connectivity index (χ2n) is 6.89. The number of aryl methyl sites for hydroxylation is 1. The van der Waals surface area contributed by atoms with Gasteiger partial charge in [-0.25, -0.2) is 4.79 Å². The van der Waals surface area contributed by atoms with Gasteiger partial charge in [0.15, 0.2) is 0 Å². The summed E-state index contributed by atoms with van der Waals surface area (Å²) in [6, 6.07) is 6.12. The molecule has 5 heteroatoms. The molecule has 120 valence electrons. The van der Waals surface area contributed by atoms with Crippen molar-refractivity contribution in [3.63, 3.8) is 0 Å². The van der Waals surface area contributed by atoms with Crippen LogP contribution in [0.3, 0.4) is 0 Å². The Labute approximate surface area is 131 Å². The van der Waals surface area contributed by atoms with E-state index in [4.69, 9.17) is 9.47 Å². The first-order valence-corrected chi connectivity index (χ1v) is 7.81. The molecule has 22 heavy (non-hydrogen) atoms. The van der Waals surface area contributed by atoms with Crippen LogP contribution in [0, 0.1) is 12.3 Å². The SMILES string of the molecule is Cc1ccc2c(c1)CN(C(=O)NC1COCC1(C)C)CCO2. The van der Waals surface area contributed by atoms with E-state index in [0.29, 0.717) is 32.9 Å². The number of fused-ring (bicyclic) bond motifs is 1. The highest BCUT2D eigenvalue weighted by Gasteiger charge is 2.37. The summed E-state index contributed by atoms with van der Waals surface area (Å²) in [5.41, 5.74) is 2.22. The van der Waals surface area contributed by atoms with Gasteiger partial charge in [0.25, 0.3) is 0 Å². The lowest BCUT2D eigenvalue weighted by atomic mass is 9.88. The molecule has 2 amide bonds. The average molecular weight is 304 g/mol. The molecule has 0 spiro atoms. The number of benzene rings is 1. The van der Waals surface area contributed by atoms with Gasteiger partial charge in [0.1, 0.15) is 12.4 Å². The van der Waals surface area contributed by atoms with E-state index in [-0.39, 0.29) is 17.5 Å². The van der Waals surface area contributed by atoms with Gasteiger partial charge in [-0.15, -0.1) is 0 Å². The minimum absolute atomic E-state index is 0.0213. The summed E-state index contributed by atoms with van der Waals surface area (Å²) >= 11 is 0. The van der Waals surface area contributed by atoms with E-state index in [1.165, 1.54) is 5.56 Å². The van der Waals surface area contributed by atoms with E-state index >= 15 is 0 Å². The summed E-state index contributed by atoms with van der Waals surface area (Å²) in [7, 11) is 0. The van der Waals surface area contributed by atoms with E-state index in [0.717, 1.165) is 11.3 Å². The second kappa shape index (κ2) is 5.80. The molecule has 2 heterocycles. The van der Waals surface area contributed by atoms with Crippen LogP contribution >= 0.6 is 0 Å². The van der Waals surface area contributed by atoms with Crippen molar-refractivity contribution >= 4 is 6.03 Å². The average Bonchev–Trinajstić information content (AvgIpc) is 2.68. The molecule has 2 aliphatic rings. The molecule has 1 N–H and O–H groups in total. The minimum Gasteiger partial charge on any atom is -0.491 e. The summed E-state index contributed by atoms with van der Waals surface area (Å²) in [4.78, 5) is 14.4.